The number of hydrogen-bond acceptors (Lipinski definition) is 3. The van der Waals surface area contributed by atoms with E-state index in [1.54, 1.807) is 11.3 Å². The molecule has 100 valence electrons. The van der Waals surface area contributed by atoms with E-state index in [2.05, 4.69) is 10.6 Å². The SMILES string of the molecule is CC(=O)Nc1cc(NCc2cc(Cl)cs2)ccc1C. The zero-order valence-corrected chi connectivity index (χ0v) is 12.4. The van der Waals surface area contributed by atoms with Crippen molar-refractivity contribution >= 4 is 40.2 Å². The molecule has 0 spiro atoms. The number of thiophene rings is 1. The predicted octanol–water partition coefficient (Wildman–Crippen LogP) is 4.28. The van der Waals surface area contributed by atoms with Gasteiger partial charge in [0.15, 0.2) is 0 Å². The van der Waals surface area contributed by atoms with Crippen molar-refractivity contribution < 1.29 is 4.79 Å². The highest BCUT2D eigenvalue weighted by molar-refractivity contribution is 7.10. The molecule has 19 heavy (non-hydrogen) atoms. The van der Waals surface area contributed by atoms with Gasteiger partial charge in [0.1, 0.15) is 0 Å². The molecule has 0 bridgehead atoms. The lowest BCUT2D eigenvalue weighted by Gasteiger charge is -2.10. The van der Waals surface area contributed by atoms with Gasteiger partial charge in [-0.1, -0.05) is 17.7 Å². The summed E-state index contributed by atoms with van der Waals surface area (Å²) in [5.74, 6) is -0.0645. The maximum absolute atomic E-state index is 11.1. The Morgan fingerprint density at radius 2 is 2.16 bits per heavy atom. The second-order valence-corrected chi connectivity index (χ2v) is 5.73. The maximum atomic E-state index is 11.1. The van der Waals surface area contributed by atoms with Crippen molar-refractivity contribution in [3.8, 4) is 0 Å². The minimum atomic E-state index is -0.0645. The average molecular weight is 295 g/mol. The summed E-state index contributed by atoms with van der Waals surface area (Å²) in [5.41, 5.74) is 2.85. The van der Waals surface area contributed by atoms with Crippen LogP contribution in [-0.2, 0) is 11.3 Å². The number of hydrogen-bond donors (Lipinski definition) is 2. The van der Waals surface area contributed by atoms with Crippen molar-refractivity contribution in [1.29, 1.82) is 0 Å². The molecule has 3 nitrogen and oxygen atoms in total. The maximum Gasteiger partial charge on any atom is 0.221 e. The number of benzene rings is 1. The molecule has 2 N–H and O–H groups in total. The van der Waals surface area contributed by atoms with Crippen LogP contribution >= 0.6 is 22.9 Å². The Bertz CT molecular complexity index is 595. The van der Waals surface area contributed by atoms with Crippen molar-refractivity contribution in [3.63, 3.8) is 0 Å². The Hall–Kier alpha value is -1.52. The second-order valence-electron chi connectivity index (χ2n) is 4.30. The molecule has 0 atom stereocenters. The molecule has 0 fully saturated rings. The van der Waals surface area contributed by atoms with Gasteiger partial charge in [-0.25, -0.2) is 0 Å². The first kappa shape index (κ1) is 13.9. The van der Waals surface area contributed by atoms with E-state index in [1.165, 1.54) is 11.8 Å². The molecule has 0 aliphatic rings. The highest BCUT2D eigenvalue weighted by atomic mass is 35.5. The Labute approximate surface area is 121 Å². The van der Waals surface area contributed by atoms with E-state index < -0.39 is 0 Å². The third-order valence-electron chi connectivity index (χ3n) is 2.64. The van der Waals surface area contributed by atoms with Gasteiger partial charge in [0, 0.05) is 35.1 Å². The molecular weight excluding hydrogens is 280 g/mol. The molecule has 0 saturated heterocycles. The Morgan fingerprint density at radius 1 is 1.37 bits per heavy atom. The molecule has 0 aliphatic carbocycles. The van der Waals surface area contributed by atoms with Crippen molar-refractivity contribution in [2.24, 2.45) is 0 Å². The quantitative estimate of drug-likeness (QED) is 0.883. The van der Waals surface area contributed by atoms with Crippen LogP contribution in [0.5, 0.6) is 0 Å². The third-order valence-corrected chi connectivity index (χ3v) is 3.92. The zero-order valence-electron chi connectivity index (χ0n) is 10.8. The van der Waals surface area contributed by atoms with E-state index >= 15 is 0 Å². The van der Waals surface area contributed by atoms with Crippen LogP contribution in [0.4, 0.5) is 11.4 Å². The van der Waals surface area contributed by atoms with Crippen LogP contribution in [0.15, 0.2) is 29.6 Å². The molecule has 2 aromatic rings. The molecule has 0 saturated carbocycles. The number of amides is 1. The number of rotatable bonds is 4. The van der Waals surface area contributed by atoms with Crippen LogP contribution in [0, 0.1) is 6.92 Å². The van der Waals surface area contributed by atoms with Gasteiger partial charge in [-0.3, -0.25) is 4.79 Å². The predicted molar refractivity (Wildman–Crippen MR) is 82.1 cm³/mol. The molecule has 0 unspecified atom stereocenters. The highest BCUT2D eigenvalue weighted by Gasteiger charge is 2.03. The summed E-state index contributed by atoms with van der Waals surface area (Å²) < 4.78 is 0. The Balaban J connectivity index is 2.06. The number of anilines is 2. The van der Waals surface area contributed by atoms with Gasteiger partial charge in [0.25, 0.3) is 0 Å². The Morgan fingerprint density at radius 3 is 2.79 bits per heavy atom. The normalized spacial score (nSPS) is 10.3. The first-order valence-electron chi connectivity index (χ1n) is 5.89. The Kier molecular flexibility index (Phi) is 4.45. The van der Waals surface area contributed by atoms with E-state index in [1.807, 2.05) is 36.6 Å². The van der Waals surface area contributed by atoms with Crippen LogP contribution in [0.1, 0.15) is 17.4 Å². The number of carbonyl (C=O) groups is 1. The van der Waals surface area contributed by atoms with Crippen molar-refractivity contribution in [2.75, 3.05) is 10.6 Å². The molecule has 1 heterocycles. The summed E-state index contributed by atoms with van der Waals surface area (Å²) in [6, 6.07) is 7.86. The molecule has 2 rings (SSSR count). The van der Waals surface area contributed by atoms with E-state index in [0.717, 1.165) is 28.5 Å². The van der Waals surface area contributed by atoms with Gasteiger partial charge in [-0.2, -0.15) is 0 Å². The molecule has 1 amide bonds. The van der Waals surface area contributed by atoms with Crippen molar-refractivity contribution in [1.82, 2.24) is 0 Å². The summed E-state index contributed by atoms with van der Waals surface area (Å²) in [5, 5.41) is 8.82. The smallest absolute Gasteiger partial charge is 0.221 e. The van der Waals surface area contributed by atoms with E-state index in [-0.39, 0.29) is 5.91 Å². The van der Waals surface area contributed by atoms with E-state index in [9.17, 15) is 4.79 Å². The number of halogens is 1. The van der Waals surface area contributed by atoms with Crippen LogP contribution in [-0.4, -0.2) is 5.91 Å². The summed E-state index contributed by atoms with van der Waals surface area (Å²) >= 11 is 7.50. The lowest BCUT2D eigenvalue weighted by molar-refractivity contribution is -0.114. The number of aryl methyl sites for hydroxylation is 1. The van der Waals surface area contributed by atoms with Crippen molar-refractivity contribution in [2.45, 2.75) is 20.4 Å². The highest BCUT2D eigenvalue weighted by Crippen LogP contribution is 2.23. The standard InChI is InChI=1S/C14H15ClN2OS/c1-9-3-4-12(6-14(9)17-10(2)18)16-7-13-5-11(15)8-19-13/h3-6,8,16H,7H2,1-2H3,(H,17,18). The molecule has 0 aliphatic heterocycles. The minimum absolute atomic E-state index is 0.0645. The van der Waals surface area contributed by atoms with Crippen LogP contribution in [0.3, 0.4) is 0 Å². The van der Waals surface area contributed by atoms with Crippen molar-refractivity contribution in [3.05, 3.63) is 45.1 Å². The first-order chi connectivity index (χ1) is 9.04. The fraction of sp³-hybridized carbons (Fsp3) is 0.214. The topological polar surface area (TPSA) is 41.1 Å². The van der Waals surface area contributed by atoms with Crippen LogP contribution in [0.25, 0.3) is 0 Å². The van der Waals surface area contributed by atoms with Gasteiger partial charge >= 0.3 is 0 Å². The molecule has 0 radical (unpaired) electrons. The largest absolute Gasteiger partial charge is 0.380 e. The lowest BCUT2D eigenvalue weighted by Crippen LogP contribution is -2.07. The molecular formula is C14H15ClN2OS. The summed E-state index contributed by atoms with van der Waals surface area (Å²) in [7, 11) is 0. The zero-order chi connectivity index (χ0) is 13.8. The first-order valence-corrected chi connectivity index (χ1v) is 7.15. The van der Waals surface area contributed by atoms with Crippen LogP contribution in [0.2, 0.25) is 5.02 Å². The van der Waals surface area contributed by atoms with Gasteiger partial charge in [0.05, 0.1) is 5.02 Å². The average Bonchev–Trinajstić information content (AvgIpc) is 2.75. The van der Waals surface area contributed by atoms with E-state index in [4.69, 9.17) is 11.6 Å². The summed E-state index contributed by atoms with van der Waals surface area (Å²) in [6.07, 6.45) is 0. The van der Waals surface area contributed by atoms with Gasteiger partial charge < -0.3 is 10.6 Å². The monoisotopic (exact) mass is 294 g/mol. The van der Waals surface area contributed by atoms with Gasteiger partial charge in [0.2, 0.25) is 5.91 Å². The summed E-state index contributed by atoms with van der Waals surface area (Å²) in [4.78, 5) is 12.3. The fourth-order valence-corrected chi connectivity index (χ4v) is 2.70. The number of carbonyl (C=O) groups excluding carboxylic acids is 1. The summed E-state index contributed by atoms with van der Waals surface area (Å²) in [6.45, 7) is 4.20. The molecule has 1 aromatic heterocycles. The van der Waals surface area contributed by atoms with Crippen LogP contribution < -0.4 is 10.6 Å². The second kappa shape index (κ2) is 6.08. The van der Waals surface area contributed by atoms with E-state index in [0.29, 0.717) is 0 Å². The lowest BCUT2D eigenvalue weighted by atomic mass is 10.1. The van der Waals surface area contributed by atoms with Gasteiger partial charge in [-0.15, -0.1) is 11.3 Å². The number of nitrogens with one attached hydrogen (secondary N) is 2. The fourth-order valence-electron chi connectivity index (χ4n) is 1.69. The van der Waals surface area contributed by atoms with Gasteiger partial charge in [-0.05, 0) is 30.7 Å². The minimum Gasteiger partial charge on any atom is -0.380 e. The third kappa shape index (κ3) is 3.98. The molecule has 5 heteroatoms. The molecule has 1 aromatic carbocycles.